The number of thioether (sulfide) groups is 1. The fourth-order valence-corrected chi connectivity index (χ4v) is 4.90. The summed E-state index contributed by atoms with van der Waals surface area (Å²) in [5.74, 6) is 0.236. The summed E-state index contributed by atoms with van der Waals surface area (Å²) in [5.41, 5.74) is 1.30. The number of carbonyl (C=O) groups is 1. The molecule has 0 fully saturated rings. The van der Waals surface area contributed by atoms with Gasteiger partial charge in [-0.05, 0) is 30.7 Å². The maximum absolute atomic E-state index is 12.5. The predicted octanol–water partition coefficient (Wildman–Crippen LogP) is 5.05. The predicted molar refractivity (Wildman–Crippen MR) is 112 cm³/mol. The molecule has 0 bridgehead atoms. The minimum atomic E-state index is -0.231. The smallest absolute Gasteiger partial charge is 0.176 e. The quantitative estimate of drug-likeness (QED) is 0.273. The Balaban J connectivity index is 1.63. The van der Waals surface area contributed by atoms with Crippen molar-refractivity contribution in [2.45, 2.75) is 11.9 Å². The molecular weight excluding hydrogens is 392 g/mol. The molecule has 28 heavy (non-hydrogen) atoms. The van der Waals surface area contributed by atoms with Gasteiger partial charge >= 0.3 is 0 Å². The molecule has 4 aromatic rings. The standard InChI is InChI=1S/C21H16N2O3S2/c1-12-22-20(27-11-18(26)15-8-7-14(24)9-17(15)25)16-10-19(28-21(16)23-12)13-5-3-2-4-6-13/h2-10,24-25H,11H2,1H3. The van der Waals surface area contributed by atoms with Crippen LogP contribution in [-0.4, -0.2) is 31.7 Å². The average Bonchev–Trinajstić information content (AvgIpc) is 3.10. The summed E-state index contributed by atoms with van der Waals surface area (Å²) in [6.45, 7) is 1.83. The van der Waals surface area contributed by atoms with E-state index in [0.717, 1.165) is 31.7 Å². The number of benzene rings is 2. The van der Waals surface area contributed by atoms with E-state index in [1.165, 1.54) is 23.9 Å². The summed E-state index contributed by atoms with van der Waals surface area (Å²) in [7, 11) is 0. The lowest BCUT2D eigenvalue weighted by Gasteiger charge is -2.05. The van der Waals surface area contributed by atoms with Crippen molar-refractivity contribution in [2.75, 3.05) is 5.75 Å². The van der Waals surface area contributed by atoms with Crippen molar-refractivity contribution in [1.82, 2.24) is 9.97 Å². The number of nitrogens with zero attached hydrogens (tertiary/aromatic N) is 2. The Labute approximate surface area is 169 Å². The number of phenols is 2. The summed E-state index contributed by atoms with van der Waals surface area (Å²) in [5, 5.41) is 20.9. The molecule has 0 atom stereocenters. The number of aryl methyl sites for hydroxylation is 1. The summed E-state index contributed by atoms with van der Waals surface area (Å²) in [4.78, 5) is 23.5. The van der Waals surface area contributed by atoms with Crippen LogP contribution in [0.3, 0.4) is 0 Å². The molecule has 0 aliphatic rings. The lowest BCUT2D eigenvalue weighted by atomic mass is 10.1. The molecule has 4 rings (SSSR count). The van der Waals surface area contributed by atoms with Crippen LogP contribution in [0.2, 0.25) is 0 Å². The number of ketones is 1. The van der Waals surface area contributed by atoms with Crippen molar-refractivity contribution in [2.24, 2.45) is 0 Å². The van der Waals surface area contributed by atoms with E-state index in [-0.39, 0.29) is 28.6 Å². The number of fused-ring (bicyclic) bond motifs is 1. The molecule has 2 aromatic carbocycles. The zero-order valence-electron chi connectivity index (χ0n) is 14.9. The first kappa shape index (κ1) is 18.5. The van der Waals surface area contributed by atoms with Gasteiger partial charge in [0.25, 0.3) is 0 Å². The molecule has 0 saturated heterocycles. The largest absolute Gasteiger partial charge is 0.508 e. The molecule has 2 aromatic heterocycles. The number of Topliss-reactive ketones (excluding diaryl/α,β-unsaturated/α-hetero) is 1. The Kier molecular flexibility index (Phi) is 5.02. The van der Waals surface area contributed by atoms with Crippen LogP contribution in [0, 0.1) is 6.92 Å². The van der Waals surface area contributed by atoms with Gasteiger partial charge in [0.1, 0.15) is 27.2 Å². The third-order valence-corrected chi connectivity index (χ3v) is 6.22. The minimum Gasteiger partial charge on any atom is -0.508 e. The van der Waals surface area contributed by atoms with Gasteiger partial charge in [0, 0.05) is 16.3 Å². The second kappa shape index (κ2) is 7.61. The van der Waals surface area contributed by atoms with Gasteiger partial charge in [-0.1, -0.05) is 42.1 Å². The molecule has 0 saturated carbocycles. The van der Waals surface area contributed by atoms with E-state index in [1.54, 1.807) is 11.3 Å². The lowest BCUT2D eigenvalue weighted by molar-refractivity contribution is 0.102. The van der Waals surface area contributed by atoms with E-state index in [2.05, 4.69) is 28.2 Å². The molecule has 5 nitrogen and oxygen atoms in total. The van der Waals surface area contributed by atoms with Crippen molar-refractivity contribution in [3.8, 4) is 21.9 Å². The number of thiophene rings is 1. The van der Waals surface area contributed by atoms with Gasteiger partial charge in [0.2, 0.25) is 0 Å². The van der Waals surface area contributed by atoms with Crippen LogP contribution >= 0.6 is 23.1 Å². The molecule has 0 aliphatic carbocycles. The van der Waals surface area contributed by atoms with Crippen molar-refractivity contribution < 1.29 is 15.0 Å². The minimum absolute atomic E-state index is 0.0819. The molecule has 140 valence electrons. The zero-order valence-corrected chi connectivity index (χ0v) is 16.5. The van der Waals surface area contributed by atoms with Gasteiger partial charge < -0.3 is 10.2 Å². The number of hydrogen-bond donors (Lipinski definition) is 2. The van der Waals surface area contributed by atoms with Gasteiger partial charge in [-0.15, -0.1) is 11.3 Å². The van der Waals surface area contributed by atoms with E-state index in [4.69, 9.17) is 0 Å². The SMILES string of the molecule is Cc1nc(SCC(=O)c2ccc(O)cc2O)c2cc(-c3ccccc3)sc2n1. The van der Waals surface area contributed by atoms with Crippen molar-refractivity contribution >= 4 is 39.1 Å². The van der Waals surface area contributed by atoms with Crippen LogP contribution in [0.15, 0.2) is 59.6 Å². The summed E-state index contributed by atoms with van der Waals surface area (Å²) >= 11 is 2.92. The molecule has 0 radical (unpaired) electrons. The van der Waals surface area contributed by atoms with E-state index < -0.39 is 0 Å². The highest BCUT2D eigenvalue weighted by molar-refractivity contribution is 8.00. The molecular formula is C21H16N2O3S2. The van der Waals surface area contributed by atoms with Crippen LogP contribution in [-0.2, 0) is 0 Å². The lowest BCUT2D eigenvalue weighted by Crippen LogP contribution is -2.03. The Morgan fingerprint density at radius 3 is 2.61 bits per heavy atom. The monoisotopic (exact) mass is 408 g/mol. The molecule has 7 heteroatoms. The molecule has 0 amide bonds. The summed E-state index contributed by atoms with van der Waals surface area (Å²) in [6.07, 6.45) is 0. The average molecular weight is 409 g/mol. The van der Waals surface area contributed by atoms with Crippen molar-refractivity contribution in [3.63, 3.8) is 0 Å². The maximum atomic E-state index is 12.5. The zero-order chi connectivity index (χ0) is 19.7. The van der Waals surface area contributed by atoms with Crippen molar-refractivity contribution in [3.05, 3.63) is 66.0 Å². The van der Waals surface area contributed by atoms with E-state index in [1.807, 2.05) is 25.1 Å². The van der Waals surface area contributed by atoms with Crippen LogP contribution in [0.25, 0.3) is 20.7 Å². The molecule has 0 unspecified atom stereocenters. The van der Waals surface area contributed by atoms with Gasteiger partial charge in [0.05, 0.1) is 11.3 Å². The highest BCUT2D eigenvalue weighted by Crippen LogP contribution is 2.37. The first-order valence-corrected chi connectivity index (χ1v) is 10.3. The second-order valence-corrected chi connectivity index (χ2v) is 8.18. The molecule has 2 heterocycles. The number of rotatable bonds is 5. The van der Waals surface area contributed by atoms with E-state index >= 15 is 0 Å². The van der Waals surface area contributed by atoms with Gasteiger partial charge in [-0.2, -0.15) is 0 Å². The Morgan fingerprint density at radius 2 is 1.86 bits per heavy atom. The normalized spacial score (nSPS) is 11.0. The van der Waals surface area contributed by atoms with Crippen LogP contribution in [0.4, 0.5) is 0 Å². The Bertz CT molecular complexity index is 1170. The highest BCUT2D eigenvalue weighted by Gasteiger charge is 2.16. The second-order valence-electron chi connectivity index (χ2n) is 6.18. The number of carbonyl (C=O) groups excluding carboxylic acids is 1. The highest BCUT2D eigenvalue weighted by atomic mass is 32.2. The molecule has 0 spiro atoms. The van der Waals surface area contributed by atoms with E-state index in [0.29, 0.717) is 5.82 Å². The third kappa shape index (κ3) is 3.72. The summed E-state index contributed by atoms with van der Waals surface area (Å²) < 4.78 is 0. The first-order chi connectivity index (χ1) is 13.5. The van der Waals surface area contributed by atoms with Crippen LogP contribution in [0.1, 0.15) is 16.2 Å². The fraction of sp³-hybridized carbons (Fsp3) is 0.0952. The van der Waals surface area contributed by atoms with Gasteiger partial charge in [-0.25, -0.2) is 9.97 Å². The van der Waals surface area contributed by atoms with Crippen LogP contribution < -0.4 is 0 Å². The van der Waals surface area contributed by atoms with Crippen molar-refractivity contribution in [1.29, 1.82) is 0 Å². The topological polar surface area (TPSA) is 83.3 Å². The number of aromatic nitrogens is 2. The van der Waals surface area contributed by atoms with Crippen LogP contribution in [0.5, 0.6) is 11.5 Å². The van der Waals surface area contributed by atoms with E-state index in [9.17, 15) is 15.0 Å². The number of hydrogen-bond acceptors (Lipinski definition) is 7. The Morgan fingerprint density at radius 1 is 1.07 bits per heavy atom. The molecule has 0 aliphatic heterocycles. The van der Waals surface area contributed by atoms with Gasteiger partial charge in [-0.3, -0.25) is 4.79 Å². The first-order valence-electron chi connectivity index (χ1n) is 8.53. The third-order valence-electron chi connectivity index (χ3n) is 4.15. The Hall–Kier alpha value is -2.90. The number of phenolic OH excluding ortho intramolecular Hbond substituents is 2. The fourth-order valence-electron chi connectivity index (χ4n) is 2.82. The maximum Gasteiger partial charge on any atom is 0.176 e. The summed E-state index contributed by atoms with van der Waals surface area (Å²) in [6, 6.07) is 16.1. The van der Waals surface area contributed by atoms with Gasteiger partial charge in [0.15, 0.2) is 5.78 Å². The molecule has 2 N–H and O–H groups in total. The number of aromatic hydroxyl groups is 2.